The zero-order valence-corrected chi connectivity index (χ0v) is 13.4. The van der Waals surface area contributed by atoms with Crippen LogP contribution >= 0.6 is 11.3 Å². The Bertz CT molecular complexity index is 540. The zero-order chi connectivity index (χ0) is 14.6. The average molecular weight is 290 g/mol. The lowest BCUT2D eigenvalue weighted by Gasteiger charge is -2.19. The molecule has 2 rings (SSSR count). The number of nitrogens with zero attached hydrogens (tertiary/aromatic N) is 1. The van der Waals surface area contributed by atoms with E-state index in [-0.39, 0.29) is 5.41 Å². The van der Waals surface area contributed by atoms with Crippen molar-refractivity contribution in [3.05, 3.63) is 45.9 Å². The average Bonchev–Trinajstić information content (AvgIpc) is 2.84. The molecule has 4 heteroatoms. The van der Waals surface area contributed by atoms with Crippen molar-refractivity contribution in [3.8, 4) is 5.75 Å². The van der Waals surface area contributed by atoms with Gasteiger partial charge in [0, 0.05) is 11.9 Å². The normalized spacial score (nSPS) is 11.6. The van der Waals surface area contributed by atoms with E-state index < -0.39 is 0 Å². The third-order valence-electron chi connectivity index (χ3n) is 3.04. The van der Waals surface area contributed by atoms with Gasteiger partial charge in [-0.1, -0.05) is 32.9 Å². The van der Waals surface area contributed by atoms with Crippen molar-refractivity contribution >= 4 is 11.3 Å². The van der Waals surface area contributed by atoms with Crippen LogP contribution in [-0.4, -0.2) is 12.0 Å². The minimum atomic E-state index is 0.176. The highest BCUT2D eigenvalue weighted by atomic mass is 32.1. The highest BCUT2D eigenvalue weighted by Gasteiger charge is 2.13. The van der Waals surface area contributed by atoms with Gasteiger partial charge < -0.3 is 10.1 Å². The van der Waals surface area contributed by atoms with E-state index in [1.807, 2.05) is 19.2 Å². The summed E-state index contributed by atoms with van der Waals surface area (Å²) in [5, 5.41) is 6.17. The highest BCUT2D eigenvalue weighted by Crippen LogP contribution is 2.24. The van der Waals surface area contributed by atoms with Crippen LogP contribution in [0.2, 0.25) is 0 Å². The summed E-state index contributed by atoms with van der Waals surface area (Å²) in [6.45, 7) is 7.96. The lowest BCUT2D eigenvalue weighted by molar-refractivity contribution is 0.305. The van der Waals surface area contributed by atoms with E-state index >= 15 is 0 Å². The fourth-order valence-electron chi connectivity index (χ4n) is 1.87. The van der Waals surface area contributed by atoms with Gasteiger partial charge in [-0.05, 0) is 30.2 Å². The lowest BCUT2D eigenvalue weighted by atomic mass is 9.87. The molecule has 0 saturated heterocycles. The van der Waals surface area contributed by atoms with Crippen molar-refractivity contribution in [1.82, 2.24) is 10.3 Å². The number of thiazole rings is 1. The summed E-state index contributed by atoms with van der Waals surface area (Å²) in [4.78, 5) is 4.50. The molecule has 0 fully saturated rings. The van der Waals surface area contributed by atoms with Crippen LogP contribution < -0.4 is 10.1 Å². The van der Waals surface area contributed by atoms with E-state index in [1.54, 1.807) is 11.3 Å². The van der Waals surface area contributed by atoms with Crippen molar-refractivity contribution in [2.24, 2.45) is 0 Å². The Kier molecular flexibility index (Phi) is 4.78. The van der Waals surface area contributed by atoms with Gasteiger partial charge in [-0.25, -0.2) is 4.98 Å². The first-order valence-corrected chi connectivity index (χ1v) is 7.68. The molecule has 108 valence electrons. The summed E-state index contributed by atoms with van der Waals surface area (Å²) < 4.78 is 5.78. The molecule has 0 radical (unpaired) electrons. The molecule has 0 unspecified atom stereocenters. The van der Waals surface area contributed by atoms with Gasteiger partial charge in [-0.2, -0.15) is 0 Å². The van der Waals surface area contributed by atoms with Crippen LogP contribution in [0.3, 0.4) is 0 Å². The molecule has 0 atom stereocenters. The Hall–Kier alpha value is -1.39. The molecule has 1 aromatic carbocycles. The molecular weight excluding hydrogens is 268 g/mol. The summed E-state index contributed by atoms with van der Waals surface area (Å²) >= 11 is 1.64. The molecule has 1 N–H and O–H groups in total. The molecule has 20 heavy (non-hydrogen) atoms. The second-order valence-electron chi connectivity index (χ2n) is 5.83. The molecular formula is C16H22N2OS. The van der Waals surface area contributed by atoms with E-state index in [1.165, 1.54) is 5.56 Å². The molecule has 0 aliphatic rings. The summed E-state index contributed by atoms with van der Waals surface area (Å²) in [5.74, 6) is 0.892. The second kappa shape index (κ2) is 6.37. The number of hydrogen-bond acceptors (Lipinski definition) is 4. The van der Waals surface area contributed by atoms with Gasteiger partial charge in [-0.3, -0.25) is 0 Å². The maximum atomic E-state index is 5.78. The molecule has 0 saturated carbocycles. The van der Waals surface area contributed by atoms with Crippen LogP contribution in [0.1, 0.15) is 37.0 Å². The molecule has 2 aromatic rings. The van der Waals surface area contributed by atoms with Gasteiger partial charge in [0.1, 0.15) is 17.4 Å². The van der Waals surface area contributed by atoms with Crippen LogP contribution in [-0.2, 0) is 18.6 Å². The van der Waals surface area contributed by atoms with E-state index in [0.29, 0.717) is 6.61 Å². The summed E-state index contributed by atoms with van der Waals surface area (Å²) in [5.41, 5.74) is 2.56. The maximum Gasteiger partial charge on any atom is 0.140 e. The predicted octanol–water partition coefficient (Wildman–Crippen LogP) is 3.74. The number of benzene rings is 1. The topological polar surface area (TPSA) is 34.1 Å². The van der Waals surface area contributed by atoms with Crippen molar-refractivity contribution in [1.29, 1.82) is 0 Å². The highest BCUT2D eigenvalue weighted by molar-refractivity contribution is 7.09. The third kappa shape index (κ3) is 4.05. The molecule has 0 amide bonds. The van der Waals surface area contributed by atoms with Gasteiger partial charge in [0.15, 0.2) is 0 Å². The van der Waals surface area contributed by atoms with Crippen LogP contribution in [0.15, 0.2) is 29.6 Å². The monoisotopic (exact) mass is 290 g/mol. The fourth-order valence-corrected chi connectivity index (χ4v) is 2.58. The molecule has 0 spiro atoms. The second-order valence-corrected chi connectivity index (χ2v) is 6.77. The molecule has 1 heterocycles. The minimum Gasteiger partial charge on any atom is -0.486 e. The first-order valence-electron chi connectivity index (χ1n) is 6.80. The van der Waals surface area contributed by atoms with E-state index in [4.69, 9.17) is 4.74 Å². The van der Waals surface area contributed by atoms with Gasteiger partial charge >= 0.3 is 0 Å². The minimum absolute atomic E-state index is 0.176. The zero-order valence-electron chi connectivity index (χ0n) is 12.6. The number of ether oxygens (including phenoxy) is 1. The maximum absolute atomic E-state index is 5.78. The van der Waals surface area contributed by atoms with Crippen LogP contribution in [0.5, 0.6) is 5.75 Å². The Morgan fingerprint density at radius 3 is 2.50 bits per heavy atom. The number of aromatic nitrogens is 1. The third-order valence-corrected chi connectivity index (χ3v) is 3.91. The van der Waals surface area contributed by atoms with Gasteiger partial charge in [0.05, 0.1) is 5.69 Å². The summed E-state index contributed by atoms with van der Waals surface area (Å²) in [6.07, 6.45) is 0. The lowest BCUT2D eigenvalue weighted by Crippen LogP contribution is -2.10. The molecule has 0 bridgehead atoms. The fraction of sp³-hybridized carbons (Fsp3) is 0.438. The van der Waals surface area contributed by atoms with E-state index in [0.717, 1.165) is 23.0 Å². The van der Waals surface area contributed by atoms with Gasteiger partial charge in [0.25, 0.3) is 0 Å². The SMILES string of the molecule is CNCc1csc(COc2ccc(C(C)(C)C)cc2)n1. The van der Waals surface area contributed by atoms with Crippen molar-refractivity contribution < 1.29 is 4.74 Å². The van der Waals surface area contributed by atoms with Crippen LogP contribution in [0.25, 0.3) is 0 Å². The smallest absolute Gasteiger partial charge is 0.140 e. The Morgan fingerprint density at radius 1 is 1.20 bits per heavy atom. The molecule has 0 aliphatic heterocycles. The number of nitrogens with one attached hydrogen (secondary N) is 1. The van der Waals surface area contributed by atoms with Crippen molar-refractivity contribution in [2.75, 3.05) is 7.05 Å². The Balaban J connectivity index is 1.93. The van der Waals surface area contributed by atoms with Crippen LogP contribution in [0.4, 0.5) is 0 Å². The van der Waals surface area contributed by atoms with E-state index in [9.17, 15) is 0 Å². The van der Waals surface area contributed by atoms with Crippen LogP contribution in [0, 0.1) is 0 Å². The summed E-state index contributed by atoms with van der Waals surface area (Å²) in [6, 6.07) is 8.32. The first kappa shape index (κ1) is 15.0. The summed E-state index contributed by atoms with van der Waals surface area (Å²) in [7, 11) is 1.92. The predicted molar refractivity (Wildman–Crippen MR) is 84.4 cm³/mol. The largest absolute Gasteiger partial charge is 0.486 e. The van der Waals surface area contributed by atoms with E-state index in [2.05, 4.69) is 48.6 Å². The standard InChI is InChI=1S/C16H22N2OS/c1-16(2,3)12-5-7-14(8-6-12)19-10-15-18-13(9-17-4)11-20-15/h5-8,11,17H,9-10H2,1-4H3. The quantitative estimate of drug-likeness (QED) is 0.911. The first-order chi connectivity index (χ1) is 9.49. The molecule has 3 nitrogen and oxygen atoms in total. The van der Waals surface area contributed by atoms with Gasteiger partial charge in [0.2, 0.25) is 0 Å². The number of rotatable bonds is 5. The number of hydrogen-bond donors (Lipinski definition) is 1. The molecule has 1 aromatic heterocycles. The van der Waals surface area contributed by atoms with Gasteiger partial charge in [-0.15, -0.1) is 11.3 Å². The van der Waals surface area contributed by atoms with Crippen molar-refractivity contribution in [3.63, 3.8) is 0 Å². The Labute approximate surface area is 125 Å². The Morgan fingerprint density at radius 2 is 1.90 bits per heavy atom. The van der Waals surface area contributed by atoms with Crippen molar-refractivity contribution in [2.45, 2.75) is 39.3 Å². The molecule has 0 aliphatic carbocycles.